The van der Waals surface area contributed by atoms with Crippen molar-refractivity contribution in [2.75, 3.05) is 11.6 Å². The van der Waals surface area contributed by atoms with E-state index in [1.165, 1.54) is 11.8 Å². The smallest absolute Gasteiger partial charge is 0.338 e. The van der Waals surface area contributed by atoms with Crippen molar-refractivity contribution in [2.45, 2.75) is 44.0 Å². The fourth-order valence-electron chi connectivity index (χ4n) is 1.89. The van der Waals surface area contributed by atoms with E-state index in [0.717, 1.165) is 29.8 Å². The number of hydrogen-bond acceptors (Lipinski definition) is 3. The zero-order chi connectivity index (χ0) is 13.5. The zero-order valence-electron chi connectivity index (χ0n) is 11.2. The first-order chi connectivity index (χ1) is 8.60. The first-order valence-corrected chi connectivity index (χ1v) is 7.49. The lowest BCUT2D eigenvalue weighted by Gasteiger charge is -2.18. The molecule has 2 N–H and O–H groups in total. The summed E-state index contributed by atoms with van der Waals surface area (Å²) in [5.74, 6) is -0.870. The highest BCUT2D eigenvalue weighted by molar-refractivity contribution is 7.98. The number of hydrogen-bond donors (Lipinski definition) is 2. The van der Waals surface area contributed by atoms with Gasteiger partial charge in [-0.1, -0.05) is 25.8 Å². The molecule has 0 fully saturated rings. The van der Waals surface area contributed by atoms with Gasteiger partial charge >= 0.3 is 5.97 Å². The van der Waals surface area contributed by atoms with Crippen LogP contribution in [0.15, 0.2) is 23.1 Å². The number of carbonyl (C=O) groups is 1. The first-order valence-electron chi connectivity index (χ1n) is 6.27. The van der Waals surface area contributed by atoms with Crippen LogP contribution in [0, 0.1) is 0 Å². The van der Waals surface area contributed by atoms with Crippen molar-refractivity contribution in [1.82, 2.24) is 0 Å². The summed E-state index contributed by atoms with van der Waals surface area (Å²) >= 11 is 1.46. The minimum atomic E-state index is -0.870. The molecule has 100 valence electrons. The van der Waals surface area contributed by atoms with Gasteiger partial charge in [0.05, 0.1) is 11.3 Å². The molecular weight excluding hydrogens is 246 g/mol. The molecule has 0 heterocycles. The van der Waals surface area contributed by atoms with Gasteiger partial charge < -0.3 is 10.4 Å². The molecular formula is C14H21NO2S. The van der Waals surface area contributed by atoms with Gasteiger partial charge in [0.2, 0.25) is 0 Å². The number of carboxylic acid groups (broad SMARTS) is 1. The number of thioether (sulfide) groups is 1. The Morgan fingerprint density at radius 1 is 1.50 bits per heavy atom. The van der Waals surface area contributed by atoms with E-state index in [4.69, 9.17) is 0 Å². The van der Waals surface area contributed by atoms with Gasteiger partial charge in [0.15, 0.2) is 0 Å². The number of nitrogens with one attached hydrogen (secondary N) is 1. The average Bonchev–Trinajstić information content (AvgIpc) is 2.35. The Hall–Kier alpha value is -1.16. The Morgan fingerprint density at radius 3 is 2.78 bits per heavy atom. The van der Waals surface area contributed by atoms with Crippen molar-refractivity contribution in [3.8, 4) is 0 Å². The number of unbranched alkanes of at least 4 members (excludes halogenated alkanes) is 1. The van der Waals surface area contributed by atoms with Gasteiger partial charge in [0.1, 0.15) is 0 Å². The molecule has 0 aliphatic carbocycles. The molecule has 0 spiro atoms. The highest BCUT2D eigenvalue weighted by Crippen LogP contribution is 2.28. The van der Waals surface area contributed by atoms with Crippen molar-refractivity contribution in [3.05, 3.63) is 23.8 Å². The van der Waals surface area contributed by atoms with E-state index in [2.05, 4.69) is 19.2 Å². The highest BCUT2D eigenvalue weighted by atomic mass is 32.2. The topological polar surface area (TPSA) is 49.3 Å². The van der Waals surface area contributed by atoms with Crippen molar-refractivity contribution >= 4 is 23.4 Å². The Kier molecular flexibility index (Phi) is 6.05. The summed E-state index contributed by atoms with van der Waals surface area (Å²) in [6, 6.07) is 5.87. The van der Waals surface area contributed by atoms with Crippen LogP contribution >= 0.6 is 11.8 Å². The van der Waals surface area contributed by atoms with Crippen LogP contribution in [-0.2, 0) is 0 Å². The molecule has 0 saturated carbocycles. The Balaban J connectivity index is 2.90. The lowest BCUT2D eigenvalue weighted by molar-refractivity contribution is 0.0694. The predicted octanol–water partition coefficient (Wildman–Crippen LogP) is 4.10. The molecule has 18 heavy (non-hydrogen) atoms. The summed E-state index contributed by atoms with van der Waals surface area (Å²) in [4.78, 5) is 12.1. The first kappa shape index (κ1) is 14.9. The monoisotopic (exact) mass is 267 g/mol. The Morgan fingerprint density at radius 2 is 2.22 bits per heavy atom. The molecule has 3 nitrogen and oxygen atoms in total. The van der Waals surface area contributed by atoms with Gasteiger partial charge in [-0.15, -0.1) is 11.8 Å². The maximum atomic E-state index is 11.3. The Labute approximate surface area is 113 Å². The molecule has 4 heteroatoms. The Bertz CT molecular complexity index is 407. The van der Waals surface area contributed by atoms with Crippen LogP contribution in [0.25, 0.3) is 0 Å². The van der Waals surface area contributed by atoms with Crippen molar-refractivity contribution in [1.29, 1.82) is 0 Å². The third kappa shape index (κ3) is 3.95. The lowest BCUT2D eigenvalue weighted by atomic mass is 10.1. The molecule has 1 atom stereocenters. The fraction of sp³-hybridized carbons (Fsp3) is 0.500. The van der Waals surface area contributed by atoms with E-state index in [9.17, 15) is 9.90 Å². The SMILES string of the molecule is CCCCC(C)Nc1cccc(SC)c1C(=O)O. The summed E-state index contributed by atoms with van der Waals surface area (Å²) in [6.07, 6.45) is 5.26. The third-order valence-corrected chi connectivity index (χ3v) is 3.63. The molecule has 1 aromatic carbocycles. The molecule has 0 amide bonds. The second kappa shape index (κ2) is 7.31. The van der Waals surface area contributed by atoms with Crippen LogP contribution in [0.4, 0.5) is 5.69 Å². The fourth-order valence-corrected chi connectivity index (χ4v) is 2.51. The predicted molar refractivity (Wildman–Crippen MR) is 77.8 cm³/mol. The maximum absolute atomic E-state index is 11.3. The summed E-state index contributed by atoms with van der Waals surface area (Å²) in [5, 5.41) is 12.6. The molecule has 0 radical (unpaired) electrons. The largest absolute Gasteiger partial charge is 0.478 e. The molecule has 0 aliphatic rings. The molecule has 0 aliphatic heterocycles. The number of aromatic carboxylic acids is 1. The standard InChI is InChI=1S/C14H21NO2S/c1-4-5-7-10(2)15-11-8-6-9-12(18-3)13(11)14(16)17/h6,8-10,15H,4-5,7H2,1-3H3,(H,16,17). The summed E-state index contributed by atoms with van der Waals surface area (Å²) in [7, 11) is 0. The van der Waals surface area contributed by atoms with E-state index in [1.807, 2.05) is 24.5 Å². The van der Waals surface area contributed by atoms with Gasteiger partial charge in [0.25, 0.3) is 0 Å². The van der Waals surface area contributed by atoms with Gasteiger partial charge in [-0.25, -0.2) is 4.79 Å². The summed E-state index contributed by atoms with van der Waals surface area (Å²) in [6.45, 7) is 4.25. The van der Waals surface area contributed by atoms with Crippen molar-refractivity contribution in [3.63, 3.8) is 0 Å². The summed E-state index contributed by atoms with van der Waals surface area (Å²) < 4.78 is 0. The van der Waals surface area contributed by atoms with Crippen LogP contribution in [-0.4, -0.2) is 23.4 Å². The molecule has 0 saturated heterocycles. The van der Waals surface area contributed by atoms with E-state index in [0.29, 0.717) is 11.6 Å². The minimum absolute atomic E-state index is 0.292. The minimum Gasteiger partial charge on any atom is -0.478 e. The van der Waals surface area contributed by atoms with Gasteiger partial charge in [0, 0.05) is 10.9 Å². The maximum Gasteiger partial charge on any atom is 0.338 e. The van der Waals surface area contributed by atoms with Gasteiger partial charge in [-0.2, -0.15) is 0 Å². The van der Waals surface area contributed by atoms with Gasteiger partial charge in [-0.3, -0.25) is 0 Å². The van der Waals surface area contributed by atoms with Crippen LogP contribution in [0.2, 0.25) is 0 Å². The van der Waals surface area contributed by atoms with Crippen LogP contribution in [0.5, 0.6) is 0 Å². The average molecular weight is 267 g/mol. The molecule has 1 aromatic rings. The molecule has 1 unspecified atom stereocenters. The summed E-state index contributed by atoms with van der Waals surface area (Å²) in [5.41, 5.74) is 1.10. The second-order valence-corrected chi connectivity index (χ2v) is 5.22. The number of rotatable bonds is 7. The highest BCUT2D eigenvalue weighted by Gasteiger charge is 2.16. The van der Waals surface area contributed by atoms with Gasteiger partial charge in [-0.05, 0) is 31.7 Å². The lowest BCUT2D eigenvalue weighted by Crippen LogP contribution is -2.17. The molecule has 0 bridgehead atoms. The number of benzene rings is 1. The van der Waals surface area contributed by atoms with Crippen molar-refractivity contribution in [2.24, 2.45) is 0 Å². The molecule has 1 rings (SSSR count). The normalized spacial score (nSPS) is 12.2. The number of anilines is 1. The van der Waals surface area contributed by atoms with Crippen molar-refractivity contribution < 1.29 is 9.90 Å². The zero-order valence-corrected chi connectivity index (χ0v) is 12.0. The van der Waals surface area contributed by atoms with E-state index >= 15 is 0 Å². The van der Waals surface area contributed by atoms with Crippen LogP contribution < -0.4 is 5.32 Å². The van der Waals surface area contributed by atoms with E-state index < -0.39 is 5.97 Å². The van der Waals surface area contributed by atoms with E-state index in [1.54, 1.807) is 0 Å². The number of carboxylic acids is 1. The third-order valence-electron chi connectivity index (χ3n) is 2.85. The quantitative estimate of drug-likeness (QED) is 0.730. The van der Waals surface area contributed by atoms with Crippen LogP contribution in [0.3, 0.4) is 0 Å². The van der Waals surface area contributed by atoms with E-state index in [-0.39, 0.29) is 0 Å². The molecule has 0 aromatic heterocycles. The second-order valence-electron chi connectivity index (χ2n) is 4.38. The van der Waals surface area contributed by atoms with Crippen LogP contribution in [0.1, 0.15) is 43.5 Å².